The zero-order valence-corrected chi connectivity index (χ0v) is 15.8. The normalized spacial score (nSPS) is 15.6. The first kappa shape index (κ1) is 20.7. The van der Waals surface area contributed by atoms with Gasteiger partial charge in [0.2, 0.25) is 17.7 Å². The van der Waals surface area contributed by atoms with Gasteiger partial charge in [-0.2, -0.15) is 0 Å². The minimum absolute atomic E-state index is 0.0733. The summed E-state index contributed by atoms with van der Waals surface area (Å²) in [6.07, 6.45) is 3.76. The highest BCUT2D eigenvalue weighted by atomic mass is 16.5. The molecule has 1 aliphatic heterocycles. The molecule has 0 spiro atoms. The summed E-state index contributed by atoms with van der Waals surface area (Å²) in [7, 11) is 0. The summed E-state index contributed by atoms with van der Waals surface area (Å²) in [5, 5.41) is 17.3. The lowest BCUT2D eigenvalue weighted by molar-refractivity contribution is -0.129. The van der Waals surface area contributed by atoms with Crippen LogP contribution in [0.1, 0.15) is 52.4 Å². The Balaban J connectivity index is 1.76. The molecule has 0 fully saturated rings. The van der Waals surface area contributed by atoms with E-state index < -0.39 is 0 Å². The third-order valence-electron chi connectivity index (χ3n) is 4.50. The topological polar surface area (TPSA) is 120 Å². The number of rotatable bonds is 9. The first-order valence-electron chi connectivity index (χ1n) is 9.35. The van der Waals surface area contributed by atoms with E-state index in [0.717, 1.165) is 24.9 Å². The standard InChI is InChI=1S/C19H28N4O4/c1-12(2)18-19(26)22-15-11-13(9-10-14(15)21-18)20-16(24)7-5-3-4-6-8-17(25)23-27/h9-12,18,21,27H,3-8H2,1-2H3,(H,20,24)(H,22,26)(H,23,25)/t18-/m1/s1. The van der Waals surface area contributed by atoms with Crippen molar-refractivity contribution in [2.75, 3.05) is 16.0 Å². The first-order chi connectivity index (χ1) is 12.9. The Morgan fingerprint density at radius 2 is 1.74 bits per heavy atom. The molecule has 0 aliphatic carbocycles. The lowest BCUT2D eigenvalue weighted by Crippen LogP contribution is -2.42. The van der Waals surface area contributed by atoms with Crippen molar-refractivity contribution in [2.24, 2.45) is 5.92 Å². The SMILES string of the molecule is CC(C)[C@H]1Nc2ccc(NC(=O)CCCCCCC(=O)NO)cc2NC1=O. The number of benzene rings is 1. The zero-order chi connectivity index (χ0) is 19.8. The Bertz CT molecular complexity index is 690. The molecule has 1 heterocycles. The van der Waals surface area contributed by atoms with Crippen LogP contribution in [0.25, 0.3) is 0 Å². The van der Waals surface area contributed by atoms with Gasteiger partial charge in [0, 0.05) is 18.5 Å². The van der Waals surface area contributed by atoms with Crippen molar-refractivity contribution in [1.82, 2.24) is 5.48 Å². The van der Waals surface area contributed by atoms with Gasteiger partial charge >= 0.3 is 0 Å². The van der Waals surface area contributed by atoms with Crippen molar-refractivity contribution in [3.63, 3.8) is 0 Å². The highest BCUT2D eigenvalue weighted by Crippen LogP contribution is 2.31. The van der Waals surface area contributed by atoms with Crippen LogP contribution in [0, 0.1) is 5.92 Å². The van der Waals surface area contributed by atoms with E-state index in [9.17, 15) is 14.4 Å². The predicted octanol–water partition coefficient (Wildman–Crippen LogP) is 2.86. The van der Waals surface area contributed by atoms with Crippen molar-refractivity contribution in [1.29, 1.82) is 0 Å². The molecule has 1 aliphatic rings. The third-order valence-corrected chi connectivity index (χ3v) is 4.50. The van der Waals surface area contributed by atoms with E-state index in [1.54, 1.807) is 11.5 Å². The predicted molar refractivity (Wildman–Crippen MR) is 104 cm³/mol. The number of carbonyl (C=O) groups excluding carboxylic acids is 3. The molecule has 0 radical (unpaired) electrons. The molecule has 0 unspecified atom stereocenters. The maximum Gasteiger partial charge on any atom is 0.247 e. The van der Waals surface area contributed by atoms with Gasteiger partial charge in [0.1, 0.15) is 6.04 Å². The van der Waals surface area contributed by atoms with E-state index in [1.807, 2.05) is 26.0 Å². The minimum atomic E-state index is -0.388. The number of unbranched alkanes of at least 4 members (excludes halogenated alkanes) is 3. The Labute approximate surface area is 159 Å². The second-order valence-electron chi connectivity index (χ2n) is 7.11. The van der Waals surface area contributed by atoms with Gasteiger partial charge in [-0.15, -0.1) is 0 Å². The van der Waals surface area contributed by atoms with Crippen LogP contribution in [-0.2, 0) is 14.4 Å². The molecule has 2 rings (SSSR count). The number of fused-ring (bicyclic) bond motifs is 1. The smallest absolute Gasteiger partial charge is 0.247 e. The molecule has 0 saturated carbocycles. The van der Waals surface area contributed by atoms with Crippen molar-refractivity contribution in [3.8, 4) is 0 Å². The van der Waals surface area contributed by atoms with Gasteiger partial charge in [-0.05, 0) is 37.0 Å². The Hall–Kier alpha value is -2.61. The highest BCUT2D eigenvalue weighted by Gasteiger charge is 2.27. The van der Waals surface area contributed by atoms with Crippen LogP contribution < -0.4 is 21.4 Å². The van der Waals surface area contributed by atoms with Crippen LogP contribution in [0.4, 0.5) is 17.1 Å². The number of anilines is 3. The van der Waals surface area contributed by atoms with Crippen LogP contribution in [0.15, 0.2) is 18.2 Å². The molecule has 148 valence electrons. The van der Waals surface area contributed by atoms with Crippen LogP contribution in [0.3, 0.4) is 0 Å². The first-order valence-corrected chi connectivity index (χ1v) is 9.35. The summed E-state index contributed by atoms with van der Waals surface area (Å²) in [4.78, 5) is 35.1. The molecular formula is C19H28N4O4. The van der Waals surface area contributed by atoms with Crippen LogP contribution >= 0.6 is 0 Å². The monoisotopic (exact) mass is 376 g/mol. The maximum atomic E-state index is 12.1. The Morgan fingerprint density at radius 3 is 2.37 bits per heavy atom. The van der Waals surface area contributed by atoms with Gasteiger partial charge in [-0.25, -0.2) is 5.48 Å². The molecule has 8 heteroatoms. The average Bonchev–Trinajstić information content (AvgIpc) is 2.63. The zero-order valence-electron chi connectivity index (χ0n) is 15.8. The summed E-state index contributed by atoms with van der Waals surface area (Å²) < 4.78 is 0. The van der Waals surface area contributed by atoms with Crippen molar-refractivity contribution in [2.45, 2.75) is 58.4 Å². The van der Waals surface area contributed by atoms with Gasteiger partial charge in [-0.3, -0.25) is 19.6 Å². The van der Waals surface area contributed by atoms with E-state index in [4.69, 9.17) is 5.21 Å². The lowest BCUT2D eigenvalue weighted by atomic mass is 10.0. The molecule has 0 saturated heterocycles. The molecule has 0 bridgehead atoms. The van der Waals surface area contributed by atoms with Crippen molar-refractivity contribution >= 4 is 34.8 Å². The van der Waals surface area contributed by atoms with E-state index in [1.165, 1.54) is 0 Å². The average molecular weight is 376 g/mol. The third kappa shape index (κ3) is 6.25. The van der Waals surface area contributed by atoms with Crippen molar-refractivity contribution in [3.05, 3.63) is 18.2 Å². The lowest BCUT2D eigenvalue weighted by Gasteiger charge is -2.29. The molecule has 3 amide bonds. The summed E-state index contributed by atoms with van der Waals surface area (Å²) in [6, 6.07) is 5.15. The quantitative estimate of drug-likeness (QED) is 0.258. The second-order valence-corrected chi connectivity index (χ2v) is 7.11. The van der Waals surface area contributed by atoms with Gasteiger partial charge in [0.05, 0.1) is 11.4 Å². The fraction of sp³-hybridized carbons (Fsp3) is 0.526. The van der Waals surface area contributed by atoms with E-state index in [0.29, 0.717) is 24.2 Å². The number of amides is 3. The summed E-state index contributed by atoms with van der Waals surface area (Å²) in [5.74, 6) is -0.369. The van der Waals surface area contributed by atoms with Crippen LogP contribution in [0.5, 0.6) is 0 Å². The minimum Gasteiger partial charge on any atom is -0.372 e. The van der Waals surface area contributed by atoms with Gasteiger partial charge < -0.3 is 16.0 Å². The summed E-state index contributed by atoms with van der Waals surface area (Å²) in [5.41, 5.74) is 3.75. The van der Waals surface area contributed by atoms with Gasteiger partial charge in [0.15, 0.2) is 0 Å². The second kappa shape index (κ2) is 9.91. The molecule has 5 N–H and O–H groups in total. The van der Waals surface area contributed by atoms with Gasteiger partial charge in [-0.1, -0.05) is 26.7 Å². The van der Waals surface area contributed by atoms with Crippen LogP contribution in [-0.4, -0.2) is 29.0 Å². The largest absolute Gasteiger partial charge is 0.372 e. The Morgan fingerprint density at radius 1 is 1.07 bits per heavy atom. The molecular weight excluding hydrogens is 348 g/mol. The number of nitrogens with one attached hydrogen (secondary N) is 4. The summed E-state index contributed by atoms with van der Waals surface area (Å²) in [6.45, 7) is 3.97. The number of hydrogen-bond donors (Lipinski definition) is 5. The molecule has 8 nitrogen and oxygen atoms in total. The van der Waals surface area contributed by atoms with Gasteiger partial charge in [0.25, 0.3) is 0 Å². The molecule has 27 heavy (non-hydrogen) atoms. The molecule has 1 aromatic carbocycles. The number of hydroxylamine groups is 1. The van der Waals surface area contributed by atoms with Crippen LogP contribution in [0.2, 0.25) is 0 Å². The molecule has 0 aromatic heterocycles. The maximum absolute atomic E-state index is 12.1. The molecule has 1 atom stereocenters. The highest BCUT2D eigenvalue weighted by molar-refractivity contribution is 6.04. The fourth-order valence-corrected chi connectivity index (χ4v) is 2.97. The van der Waals surface area contributed by atoms with E-state index in [-0.39, 0.29) is 36.1 Å². The number of hydrogen-bond acceptors (Lipinski definition) is 5. The number of carbonyl (C=O) groups is 3. The Kier molecular flexibility index (Phi) is 7.60. The molecule has 1 aromatic rings. The van der Waals surface area contributed by atoms with E-state index in [2.05, 4.69) is 16.0 Å². The summed E-state index contributed by atoms with van der Waals surface area (Å²) >= 11 is 0. The fourth-order valence-electron chi connectivity index (χ4n) is 2.97. The van der Waals surface area contributed by atoms with E-state index >= 15 is 0 Å². The van der Waals surface area contributed by atoms with Crippen molar-refractivity contribution < 1.29 is 19.6 Å².